The Labute approximate surface area is 135 Å². The predicted octanol–water partition coefficient (Wildman–Crippen LogP) is 1.95. The summed E-state index contributed by atoms with van der Waals surface area (Å²) in [5.74, 6) is -0.182. The van der Waals surface area contributed by atoms with Crippen molar-refractivity contribution in [1.29, 1.82) is 0 Å². The van der Waals surface area contributed by atoms with Gasteiger partial charge in [0.25, 0.3) is 5.91 Å². The highest BCUT2D eigenvalue weighted by molar-refractivity contribution is 6.04. The number of hydrogen-bond acceptors (Lipinski definition) is 5. The van der Waals surface area contributed by atoms with Crippen molar-refractivity contribution in [2.45, 2.75) is 19.9 Å². The largest absolute Gasteiger partial charge is 0.378 e. The number of nitrogens with one attached hydrogen (secondary N) is 1. The third-order valence-corrected chi connectivity index (χ3v) is 3.79. The highest BCUT2D eigenvalue weighted by Crippen LogP contribution is 2.26. The number of carbonyl (C=O) groups excluding carboxylic acids is 1. The van der Waals surface area contributed by atoms with Crippen LogP contribution in [0.4, 0.5) is 11.4 Å². The fourth-order valence-corrected chi connectivity index (χ4v) is 2.66. The Balaban J connectivity index is 1.82. The highest BCUT2D eigenvalue weighted by Gasteiger charge is 2.19. The average Bonchev–Trinajstić information content (AvgIpc) is 3.06. The van der Waals surface area contributed by atoms with Gasteiger partial charge < -0.3 is 15.0 Å². The van der Waals surface area contributed by atoms with Gasteiger partial charge >= 0.3 is 0 Å². The average molecular weight is 315 g/mol. The zero-order valence-electron chi connectivity index (χ0n) is 13.4. The molecule has 1 aliphatic heterocycles. The van der Waals surface area contributed by atoms with Crippen LogP contribution in [0.25, 0.3) is 0 Å². The summed E-state index contributed by atoms with van der Waals surface area (Å²) in [6.45, 7) is 6.97. The molecule has 122 valence electrons. The number of amides is 1. The van der Waals surface area contributed by atoms with E-state index < -0.39 is 0 Å². The van der Waals surface area contributed by atoms with Gasteiger partial charge in [-0.2, -0.15) is 5.10 Å². The fourth-order valence-electron chi connectivity index (χ4n) is 2.66. The Morgan fingerprint density at radius 3 is 2.78 bits per heavy atom. The molecule has 0 radical (unpaired) electrons. The minimum atomic E-state index is -0.182. The summed E-state index contributed by atoms with van der Waals surface area (Å²) in [7, 11) is 0. The van der Waals surface area contributed by atoms with Crippen molar-refractivity contribution in [2.75, 3.05) is 36.5 Å². The first-order chi connectivity index (χ1) is 11.2. The van der Waals surface area contributed by atoms with Crippen molar-refractivity contribution >= 4 is 17.3 Å². The molecule has 0 unspecified atom stereocenters. The molecule has 3 rings (SSSR count). The van der Waals surface area contributed by atoms with Crippen LogP contribution in [0, 0.1) is 0 Å². The Bertz CT molecular complexity index is 677. The molecule has 2 aromatic heterocycles. The molecule has 0 spiro atoms. The number of anilines is 2. The van der Waals surface area contributed by atoms with Crippen LogP contribution in [0.2, 0.25) is 0 Å². The Morgan fingerprint density at radius 2 is 2.04 bits per heavy atom. The molecule has 0 aromatic carbocycles. The van der Waals surface area contributed by atoms with Gasteiger partial charge in [0.15, 0.2) is 0 Å². The van der Waals surface area contributed by atoms with Gasteiger partial charge in [0.2, 0.25) is 0 Å². The van der Waals surface area contributed by atoms with Crippen molar-refractivity contribution in [3.63, 3.8) is 0 Å². The van der Waals surface area contributed by atoms with Crippen LogP contribution in [0.5, 0.6) is 0 Å². The first-order valence-electron chi connectivity index (χ1n) is 7.78. The van der Waals surface area contributed by atoms with E-state index in [0.717, 1.165) is 18.8 Å². The lowest BCUT2D eigenvalue weighted by molar-refractivity contribution is 0.101. The Kier molecular flexibility index (Phi) is 4.57. The molecular formula is C16H21N5O2. The third-order valence-electron chi connectivity index (χ3n) is 3.79. The maximum Gasteiger partial charge on any atom is 0.274 e. The first-order valence-corrected chi connectivity index (χ1v) is 7.78. The van der Waals surface area contributed by atoms with E-state index in [2.05, 4.69) is 20.3 Å². The number of aromatic nitrogens is 3. The normalized spacial score (nSPS) is 15.0. The van der Waals surface area contributed by atoms with E-state index in [1.54, 1.807) is 29.3 Å². The molecule has 1 N–H and O–H groups in total. The molecule has 1 saturated heterocycles. The number of morpholine rings is 1. The maximum absolute atomic E-state index is 12.6. The molecule has 0 bridgehead atoms. The SMILES string of the molecule is CC(C)n1nccc1C(=O)Nc1cnccc1N1CCOCC1. The van der Waals surface area contributed by atoms with Crippen LogP contribution in [0.1, 0.15) is 30.4 Å². The Hall–Kier alpha value is -2.41. The van der Waals surface area contributed by atoms with Gasteiger partial charge in [-0.1, -0.05) is 0 Å². The maximum atomic E-state index is 12.6. The smallest absolute Gasteiger partial charge is 0.274 e. The zero-order valence-corrected chi connectivity index (χ0v) is 13.4. The lowest BCUT2D eigenvalue weighted by atomic mass is 10.2. The summed E-state index contributed by atoms with van der Waals surface area (Å²) in [6.07, 6.45) is 5.05. The fraction of sp³-hybridized carbons (Fsp3) is 0.438. The van der Waals surface area contributed by atoms with Crippen molar-refractivity contribution in [3.8, 4) is 0 Å². The lowest BCUT2D eigenvalue weighted by Gasteiger charge is -2.30. The van der Waals surface area contributed by atoms with Crippen LogP contribution in [0.15, 0.2) is 30.7 Å². The van der Waals surface area contributed by atoms with Crippen molar-refractivity contribution in [2.24, 2.45) is 0 Å². The van der Waals surface area contributed by atoms with E-state index in [9.17, 15) is 4.79 Å². The minimum absolute atomic E-state index is 0.123. The van der Waals surface area contributed by atoms with Crippen LogP contribution < -0.4 is 10.2 Å². The number of ether oxygens (including phenoxy) is 1. The molecule has 2 aromatic rings. The number of rotatable bonds is 4. The van der Waals surface area contributed by atoms with Crippen LogP contribution in [0.3, 0.4) is 0 Å². The van der Waals surface area contributed by atoms with Gasteiger partial charge in [0.1, 0.15) is 5.69 Å². The standard InChI is InChI=1S/C16H21N5O2/c1-12(2)21-15(4-6-18-21)16(22)19-13-11-17-5-3-14(13)20-7-9-23-10-8-20/h3-6,11-12H,7-10H2,1-2H3,(H,19,22). The van der Waals surface area contributed by atoms with Gasteiger partial charge in [-0.05, 0) is 26.0 Å². The molecule has 1 amide bonds. The van der Waals surface area contributed by atoms with Gasteiger partial charge in [0, 0.05) is 31.5 Å². The summed E-state index contributed by atoms with van der Waals surface area (Å²) in [4.78, 5) is 18.9. The van der Waals surface area contributed by atoms with E-state index in [4.69, 9.17) is 4.74 Å². The number of nitrogens with zero attached hydrogens (tertiary/aromatic N) is 4. The second kappa shape index (κ2) is 6.78. The quantitative estimate of drug-likeness (QED) is 0.933. The summed E-state index contributed by atoms with van der Waals surface area (Å²) in [6, 6.07) is 3.76. The summed E-state index contributed by atoms with van der Waals surface area (Å²) in [5, 5.41) is 7.16. The molecule has 0 atom stereocenters. The van der Waals surface area contributed by atoms with Crippen LogP contribution >= 0.6 is 0 Å². The van der Waals surface area contributed by atoms with E-state index in [-0.39, 0.29) is 11.9 Å². The summed E-state index contributed by atoms with van der Waals surface area (Å²) < 4.78 is 7.10. The van der Waals surface area contributed by atoms with Crippen LogP contribution in [-0.2, 0) is 4.74 Å². The minimum Gasteiger partial charge on any atom is -0.378 e. The molecule has 3 heterocycles. The molecular weight excluding hydrogens is 294 g/mol. The lowest BCUT2D eigenvalue weighted by Crippen LogP contribution is -2.36. The number of hydrogen-bond donors (Lipinski definition) is 1. The van der Waals surface area contributed by atoms with Gasteiger partial charge in [-0.15, -0.1) is 0 Å². The van der Waals surface area contributed by atoms with Gasteiger partial charge in [0.05, 0.1) is 30.8 Å². The molecule has 1 aliphatic rings. The zero-order chi connectivity index (χ0) is 16.2. The van der Waals surface area contributed by atoms with Crippen molar-refractivity contribution in [1.82, 2.24) is 14.8 Å². The second-order valence-electron chi connectivity index (χ2n) is 5.70. The van der Waals surface area contributed by atoms with Crippen molar-refractivity contribution in [3.05, 3.63) is 36.4 Å². The van der Waals surface area contributed by atoms with Gasteiger partial charge in [-0.3, -0.25) is 14.5 Å². The first kappa shape index (κ1) is 15.5. The second-order valence-corrected chi connectivity index (χ2v) is 5.70. The molecule has 0 saturated carbocycles. The Morgan fingerprint density at radius 1 is 1.26 bits per heavy atom. The van der Waals surface area contributed by atoms with Crippen molar-refractivity contribution < 1.29 is 9.53 Å². The number of pyridine rings is 1. The van der Waals surface area contributed by atoms with Gasteiger partial charge in [-0.25, -0.2) is 0 Å². The molecule has 7 nitrogen and oxygen atoms in total. The summed E-state index contributed by atoms with van der Waals surface area (Å²) >= 11 is 0. The third kappa shape index (κ3) is 3.34. The monoisotopic (exact) mass is 315 g/mol. The van der Waals surface area contributed by atoms with E-state index in [0.29, 0.717) is 24.6 Å². The summed E-state index contributed by atoms with van der Waals surface area (Å²) in [5.41, 5.74) is 2.21. The number of carbonyl (C=O) groups is 1. The highest BCUT2D eigenvalue weighted by atomic mass is 16.5. The molecule has 1 fully saturated rings. The van der Waals surface area contributed by atoms with Crippen LogP contribution in [-0.4, -0.2) is 47.0 Å². The predicted molar refractivity (Wildman–Crippen MR) is 87.8 cm³/mol. The van der Waals surface area contributed by atoms with E-state index in [1.807, 2.05) is 19.9 Å². The molecule has 23 heavy (non-hydrogen) atoms. The van der Waals surface area contributed by atoms with E-state index in [1.165, 1.54) is 0 Å². The molecule has 7 heteroatoms. The van der Waals surface area contributed by atoms with E-state index >= 15 is 0 Å². The topological polar surface area (TPSA) is 72.3 Å². The molecule has 0 aliphatic carbocycles.